The Balaban J connectivity index is 2.39. The smallest absolute Gasteiger partial charge is 0.244 e. The van der Waals surface area contributed by atoms with E-state index in [9.17, 15) is 8.42 Å². The Hall–Kier alpha value is -0.430. The van der Waals surface area contributed by atoms with Crippen LogP contribution in [0, 0.1) is 0 Å². The second-order valence-corrected chi connectivity index (χ2v) is 7.14. The summed E-state index contributed by atoms with van der Waals surface area (Å²) in [4.78, 5) is 0.324. The zero-order valence-corrected chi connectivity index (χ0v) is 12.5. The lowest BCUT2D eigenvalue weighted by atomic mass is 10.1. The van der Waals surface area contributed by atoms with Crippen LogP contribution in [0.25, 0.3) is 0 Å². The van der Waals surface area contributed by atoms with E-state index in [2.05, 4.69) is 15.9 Å². The fourth-order valence-electron chi connectivity index (χ4n) is 2.31. The molecule has 0 saturated carbocycles. The molecule has 0 spiro atoms. The topological polar surface area (TPSA) is 63.4 Å². The van der Waals surface area contributed by atoms with E-state index in [1.807, 2.05) is 0 Å². The highest BCUT2D eigenvalue weighted by Gasteiger charge is 2.33. The Kier molecular flexibility index (Phi) is 4.42. The summed E-state index contributed by atoms with van der Waals surface area (Å²) in [5.74, 6) is 0. The first-order valence-electron chi connectivity index (χ1n) is 6.04. The van der Waals surface area contributed by atoms with Crippen molar-refractivity contribution in [3.63, 3.8) is 0 Å². The molecule has 100 valence electrons. The van der Waals surface area contributed by atoms with Crippen molar-refractivity contribution in [3.05, 3.63) is 28.7 Å². The standard InChI is InChI=1S/C12H17BrN2O2S/c13-11-6-1-2-7-12(11)18(16,17)15-8-4-3-5-10(15)9-14/h1-2,6-7,10H,3-5,8-9,14H2/t10-/m1/s1. The van der Waals surface area contributed by atoms with Crippen LogP contribution in [0.4, 0.5) is 0 Å². The van der Waals surface area contributed by atoms with E-state index in [-0.39, 0.29) is 6.04 Å². The molecule has 1 atom stereocenters. The molecule has 1 heterocycles. The molecule has 4 nitrogen and oxygen atoms in total. The monoisotopic (exact) mass is 332 g/mol. The molecule has 0 aromatic heterocycles. The van der Waals surface area contributed by atoms with Gasteiger partial charge in [-0.3, -0.25) is 0 Å². The summed E-state index contributed by atoms with van der Waals surface area (Å²) in [5.41, 5.74) is 5.69. The molecule has 1 aromatic carbocycles. The summed E-state index contributed by atoms with van der Waals surface area (Å²) in [7, 11) is -3.45. The molecule has 6 heteroatoms. The number of benzene rings is 1. The van der Waals surface area contributed by atoms with Crippen molar-refractivity contribution in [2.75, 3.05) is 13.1 Å². The summed E-state index contributed by atoms with van der Waals surface area (Å²) >= 11 is 3.30. The van der Waals surface area contributed by atoms with Crippen molar-refractivity contribution in [1.82, 2.24) is 4.31 Å². The SMILES string of the molecule is NC[C@H]1CCCCN1S(=O)(=O)c1ccccc1Br. The van der Waals surface area contributed by atoms with Crippen molar-refractivity contribution < 1.29 is 8.42 Å². The molecule has 2 N–H and O–H groups in total. The highest BCUT2D eigenvalue weighted by molar-refractivity contribution is 9.10. The zero-order chi connectivity index (χ0) is 13.2. The number of hydrogen-bond donors (Lipinski definition) is 1. The van der Waals surface area contributed by atoms with Gasteiger partial charge in [-0.05, 0) is 40.9 Å². The molecule has 1 fully saturated rings. The summed E-state index contributed by atoms with van der Waals surface area (Å²) < 4.78 is 27.4. The van der Waals surface area contributed by atoms with Gasteiger partial charge in [-0.2, -0.15) is 4.31 Å². The molecule has 0 unspecified atom stereocenters. The van der Waals surface area contributed by atoms with Gasteiger partial charge in [0.1, 0.15) is 0 Å². The van der Waals surface area contributed by atoms with E-state index < -0.39 is 10.0 Å². The van der Waals surface area contributed by atoms with E-state index in [0.29, 0.717) is 22.5 Å². The summed E-state index contributed by atoms with van der Waals surface area (Å²) in [6.07, 6.45) is 2.80. The van der Waals surface area contributed by atoms with Gasteiger partial charge in [-0.1, -0.05) is 18.6 Å². The summed E-state index contributed by atoms with van der Waals surface area (Å²) in [6, 6.07) is 6.84. The van der Waals surface area contributed by atoms with Gasteiger partial charge in [0.05, 0.1) is 4.90 Å². The molecular weight excluding hydrogens is 316 g/mol. The summed E-state index contributed by atoms with van der Waals surface area (Å²) in [6.45, 7) is 0.940. The van der Waals surface area contributed by atoms with Gasteiger partial charge >= 0.3 is 0 Å². The van der Waals surface area contributed by atoms with Crippen molar-refractivity contribution >= 4 is 26.0 Å². The Morgan fingerprint density at radius 2 is 2.06 bits per heavy atom. The van der Waals surface area contributed by atoms with Crippen LogP contribution in [0.5, 0.6) is 0 Å². The maximum atomic E-state index is 12.6. The molecule has 0 aliphatic carbocycles. The van der Waals surface area contributed by atoms with Gasteiger partial charge in [0.15, 0.2) is 0 Å². The molecule has 0 bridgehead atoms. The minimum Gasteiger partial charge on any atom is -0.329 e. The van der Waals surface area contributed by atoms with Gasteiger partial charge in [0, 0.05) is 23.6 Å². The fourth-order valence-corrected chi connectivity index (χ4v) is 4.98. The largest absolute Gasteiger partial charge is 0.329 e. The van der Waals surface area contributed by atoms with Crippen LogP contribution >= 0.6 is 15.9 Å². The Labute approximate surface area is 116 Å². The van der Waals surface area contributed by atoms with Gasteiger partial charge in [0.25, 0.3) is 0 Å². The third-order valence-corrected chi connectivity index (χ3v) is 6.23. The average Bonchev–Trinajstić information content (AvgIpc) is 2.39. The van der Waals surface area contributed by atoms with E-state index in [1.165, 1.54) is 0 Å². The highest BCUT2D eigenvalue weighted by Crippen LogP contribution is 2.29. The third kappa shape index (κ3) is 2.61. The number of sulfonamides is 1. The fraction of sp³-hybridized carbons (Fsp3) is 0.500. The average molecular weight is 333 g/mol. The minimum atomic E-state index is -3.45. The van der Waals surface area contributed by atoms with E-state index in [0.717, 1.165) is 19.3 Å². The Morgan fingerprint density at radius 1 is 1.33 bits per heavy atom. The van der Waals surface area contributed by atoms with Gasteiger partial charge in [0.2, 0.25) is 10.0 Å². The molecule has 1 aliphatic heterocycles. The van der Waals surface area contributed by atoms with Crippen LogP contribution in [-0.4, -0.2) is 31.9 Å². The van der Waals surface area contributed by atoms with Gasteiger partial charge in [-0.25, -0.2) is 8.42 Å². The molecule has 18 heavy (non-hydrogen) atoms. The first kappa shape index (κ1) is 14.0. The predicted molar refractivity (Wildman–Crippen MR) is 74.7 cm³/mol. The number of hydrogen-bond acceptors (Lipinski definition) is 3. The molecule has 2 rings (SSSR count). The molecule has 1 aromatic rings. The number of piperidine rings is 1. The van der Waals surface area contributed by atoms with Crippen molar-refractivity contribution in [3.8, 4) is 0 Å². The second-order valence-electron chi connectivity index (χ2n) is 4.43. The lowest BCUT2D eigenvalue weighted by Crippen LogP contribution is -2.47. The lowest BCUT2D eigenvalue weighted by Gasteiger charge is -2.34. The van der Waals surface area contributed by atoms with Gasteiger partial charge in [-0.15, -0.1) is 0 Å². The summed E-state index contributed by atoms with van der Waals surface area (Å²) in [5, 5.41) is 0. The molecule has 1 aliphatic rings. The number of halogens is 1. The molecule has 0 radical (unpaired) electrons. The minimum absolute atomic E-state index is 0.0733. The van der Waals surface area contributed by atoms with E-state index in [1.54, 1.807) is 28.6 Å². The van der Waals surface area contributed by atoms with Crippen LogP contribution in [0.2, 0.25) is 0 Å². The van der Waals surface area contributed by atoms with Crippen LogP contribution in [0.1, 0.15) is 19.3 Å². The van der Waals surface area contributed by atoms with Crippen molar-refractivity contribution in [1.29, 1.82) is 0 Å². The van der Waals surface area contributed by atoms with Crippen molar-refractivity contribution in [2.24, 2.45) is 5.73 Å². The normalized spacial score (nSPS) is 22.0. The van der Waals surface area contributed by atoms with Crippen LogP contribution < -0.4 is 5.73 Å². The zero-order valence-electron chi connectivity index (χ0n) is 10.0. The highest BCUT2D eigenvalue weighted by atomic mass is 79.9. The van der Waals surface area contributed by atoms with Crippen molar-refractivity contribution in [2.45, 2.75) is 30.2 Å². The first-order valence-corrected chi connectivity index (χ1v) is 8.27. The van der Waals surface area contributed by atoms with Gasteiger partial charge < -0.3 is 5.73 Å². The van der Waals surface area contributed by atoms with Crippen LogP contribution in [0.3, 0.4) is 0 Å². The maximum Gasteiger partial charge on any atom is 0.244 e. The number of nitrogens with zero attached hydrogens (tertiary/aromatic N) is 1. The molecule has 1 saturated heterocycles. The number of rotatable bonds is 3. The van der Waals surface area contributed by atoms with E-state index >= 15 is 0 Å². The third-order valence-electron chi connectivity index (χ3n) is 3.27. The predicted octanol–water partition coefficient (Wildman–Crippen LogP) is 1.95. The maximum absolute atomic E-state index is 12.6. The number of nitrogens with two attached hydrogens (primary N) is 1. The van der Waals surface area contributed by atoms with Crippen LogP contribution in [0.15, 0.2) is 33.6 Å². The molecular formula is C12H17BrN2O2S. The molecule has 0 amide bonds. The lowest BCUT2D eigenvalue weighted by molar-refractivity contribution is 0.257. The quantitative estimate of drug-likeness (QED) is 0.920. The van der Waals surface area contributed by atoms with E-state index in [4.69, 9.17) is 5.73 Å². The Bertz CT molecular complexity index is 519. The van der Waals surface area contributed by atoms with Crippen LogP contribution in [-0.2, 0) is 10.0 Å². The second kappa shape index (κ2) is 5.69. The Morgan fingerprint density at radius 3 is 2.72 bits per heavy atom. The first-order chi connectivity index (χ1) is 8.57.